The molecule has 0 saturated heterocycles. The van der Waals surface area contributed by atoms with Gasteiger partial charge in [0, 0.05) is 103 Å². The van der Waals surface area contributed by atoms with Gasteiger partial charge in [-0.3, -0.25) is 24.0 Å². The summed E-state index contributed by atoms with van der Waals surface area (Å²) in [5, 5.41) is 21.8. The SMILES string of the molecule is C/C=C/c1ccc2c(c1O)C(=O)c1ccccc1SC2.C=CCOc1c(/C=C/C)ccc2c1C(=O)c1ccccc1SC2.C=CCc1ccc2c(c1O)C(=O)c1ccccc1SC2.Cc1cc2ccc3c(c2o1)C(=O)c1ccccc1SC3.O=C1c2ccccc2SCc2ccc3c(c21)OCC=C3. The number of fused-ring (bicyclic) bond motifs is 14. The van der Waals surface area contributed by atoms with Crippen LogP contribution < -0.4 is 9.47 Å². The summed E-state index contributed by atoms with van der Waals surface area (Å²) in [4.78, 5) is 69.4. The number of hydrogen-bond acceptors (Lipinski definition) is 15. The average molecular weight is 1450 g/mol. The topological polar surface area (TPSA) is 157 Å². The molecule has 0 fully saturated rings. The largest absolute Gasteiger partial charge is 0.507 e. The molecule has 0 unspecified atom stereocenters. The van der Waals surface area contributed by atoms with E-state index in [4.69, 9.17) is 13.9 Å². The van der Waals surface area contributed by atoms with Crippen LogP contribution in [-0.2, 0) is 35.2 Å². The minimum atomic E-state index is -0.0935. The summed E-state index contributed by atoms with van der Waals surface area (Å²) in [5.41, 5.74) is 15.7. The number of hydrogen-bond donors (Lipinski definition) is 2. The second-order valence-corrected chi connectivity index (χ2v) is 29.5. The number of furan rings is 1. The highest BCUT2D eigenvalue weighted by molar-refractivity contribution is 7.99. The normalized spacial score (nSPS) is 14.0. The third-order valence-electron chi connectivity index (χ3n) is 17.8. The number of aryl methyl sites for hydroxylation is 1. The number of carbonyl (C=O) groups is 5. The number of phenols is 2. The zero-order chi connectivity index (χ0) is 71.7. The van der Waals surface area contributed by atoms with Crippen molar-refractivity contribution in [3.8, 4) is 23.0 Å². The minimum Gasteiger partial charge on any atom is -0.507 e. The van der Waals surface area contributed by atoms with Crippen LogP contribution in [0.1, 0.15) is 149 Å². The lowest BCUT2D eigenvalue weighted by atomic mass is 9.94. The molecule has 2 N–H and O–H groups in total. The lowest BCUT2D eigenvalue weighted by Crippen LogP contribution is -2.11. The fourth-order valence-electron chi connectivity index (χ4n) is 12.9. The third kappa shape index (κ3) is 14.9. The standard InChI is InChI=1S/C20H18O2S.2C17H12O2S.2C17H14O2S/c1-3-7-14-10-11-15-13-23-17-9-6-5-8-16(17)19(21)18(15)20(14)22-12-4-2;1-10-8-11-6-7-12-9-20-14-5-3-2-4-13(14)16(18)15(12)17(11)19-10;18-16-13-5-1-2-6-14(13)20-10-12-8-7-11-4-3-9-19-17(11)15(12)16;2*1-2-5-11-8-9-12-10-20-14-7-4-3-6-13(14)17(19)15(12)16(11)18/h3-11H,2,12-13H2,1H3;2-8H,9H2,1H3;1-8H,9-10H2;2-9,18H,10H2,1H3;2-4,6-9,18H,1,5,10H2/b7-3+;;;5-2+;. The van der Waals surface area contributed by atoms with Crippen LogP contribution in [0.5, 0.6) is 23.0 Å². The van der Waals surface area contributed by atoms with Gasteiger partial charge < -0.3 is 24.1 Å². The van der Waals surface area contributed by atoms with E-state index in [1.165, 1.54) is 0 Å². The molecule has 6 aliphatic heterocycles. The van der Waals surface area contributed by atoms with Crippen LogP contribution in [-0.4, -0.2) is 52.3 Å². The molecule has 0 bridgehead atoms. The quantitative estimate of drug-likeness (QED) is 0.145. The number of aromatic hydroxyl groups is 2. The van der Waals surface area contributed by atoms with Gasteiger partial charge in [0.15, 0.2) is 28.9 Å². The maximum Gasteiger partial charge on any atom is 0.198 e. The molecule has 0 amide bonds. The smallest absolute Gasteiger partial charge is 0.198 e. The Morgan fingerprint density at radius 1 is 0.456 bits per heavy atom. The van der Waals surface area contributed by atoms with E-state index in [1.54, 1.807) is 71.0 Å². The van der Waals surface area contributed by atoms with Gasteiger partial charge in [-0.2, -0.15) is 0 Å². The van der Waals surface area contributed by atoms with E-state index >= 15 is 0 Å². The van der Waals surface area contributed by atoms with Gasteiger partial charge in [0.25, 0.3) is 0 Å². The molecule has 0 aliphatic carbocycles. The van der Waals surface area contributed by atoms with Crippen molar-refractivity contribution in [1.82, 2.24) is 0 Å². The zero-order valence-electron chi connectivity index (χ0n) is 56.8. The Bertz CT molecular complexity index is 5320. The fourth-order valence-corrected chi connectivity index (χ4v) is 18.1. The molecule has 0 radical (unpaired) electrons. The molecule has 6 aliphatic rings. The van der Waals surface area contributed by atoms with E-state index in [0.717, 1.165) is 137 Å². The average Bonchev–Trinajstić information content (AvgIpc) is 1.82. The number of ketones is 5. The molecule has 0 atom stereocenters. The maximum absolute atomic E-state index is 13.1. The molecule has 0 spiro atoms. The van der Waals surface area contributed by atoms with Crippen LogP contribution >= 0.6 is 58.8 Å². The highest BCUT2D eigenvalue weighted by Crippen LogP contribution is 2.45. The van der Waals surface area contributed by atoms with E-state index in [0.29, 0.717) is 70.3 Å². The van der Waals surface area contributed by atoms with Gasteiger partial charge in [0.05, 0.1) is 27.8 Å². The molecular formula is C88H70O10S5. The van der Waals surface area contributed by atoms with Gasteiger partial charge in [-0.05, 0) is 133 Å². The predicted molar refractivity (Wildman–Crippen MR) is 421 cm³/mol. The Balaban J connectivity index is 0.000000115. The van der Waals surface area contributed by atoms with E-state index in [2.05, 4.69) is 13.2 Å². The number of rotatable bonds is 7. The van der Waals surface area contributed by atoms with Crippen LogP contribution in [0.3, 0.4) is 0 Å². The first-order valence-corrected chi connectivity index (χ1v) is 38.5. The molecule has 10 nitrogen and oxygen atoms in total. The molecule has 10 aromatic carbocycles. The van der Waals surface area contributed by atoms with Gasteiger partial charge in [-0.15, -0.1) is 65.4 Å². The van der Waals surface area contributed by atoms with E-state index in [9.17, 15) is 34.2 Å². The van der Waals surface area contributed by atoms with Crippen LogP contribution in [0, 0.1) is 6.92 Å². The van der Waals surface area contributed by atoms with E-state index < -0.39 is 0 Å². The number of carbonyl (C=O) groups excluding carboxylic acids is 5. The lowest BCUT2D eigenvalue weighted by molar-refractivity contribution is 0.102. The Morgan fingerprint density at radius 2 is 0.864 bits per heavy atom. The van der Waals surface area contributed by atoms with Crippen LogP contribution in [0.15, 0.2) is 260 Å². The van der Waals surface area contributed by atoms with Crippen molar-refractivity contribution < 1.29 is 48.1 Å². The molecular weight excluding hydrogens is 1380 g/mol. The van der Waals surface area contributed by atoms with Crippen molar-refractivity contribution in [3.05, 3.63) is 343 Å². The molecule has 1 aromatic heterocycles. The van der Waals surface area contributed by atoms with Gasteiger partial charge in [0.1, 0.15) is 47.6 Å². The third-order valence-corrected chi connectivity index (χ3v) is 23.4. The molecule has 512 valence electrons. The molecule has 0 saturated carbocycles. The number of phenolic OH excluding ortho intramolecular Hbond substituents is 2. The van der Waals surface area contributed by atoms with Crippen molar-refractivity contribution in [2.45, 2.75) is 80.4 Å². The number of ether oxygens (including phenoxy) is 2. The Morgan fingerprint density at radius 3 is 1.37 bits per heavy atom. The first kappa shape index (κ1) is 71.1. The van der Waals surface area contributed by atoms with E-state index in [-0.39, 0.29) is 40.4 Å². The number of thioether (sulfide) groups is 5. The monoisotopic (exact) mass is 1450 g/mol. The number of benzene rings is 10. The van der Waals surface area contributed by atoms with Crippen LogP contribution in [0.2, 0.25) is 0 Å². The summed E-state index contributed by atoms with van der Waals surface area (Å²) in [6.45, 7) is 14.1. The summed E-state index contributed by atoms with van der Waals surface area (Å²) in [5.74, 6) is 6.18. The first-order valence-electron chi connectivity index (χ1n) is 33.5. The van der Waals surface area contributed by atoms with Gasteiger partial charge in [-0.1, -0.05) is 170 Å². The van der Waals surface area contributed by atoms with Crippen molar-refractivity contribution in [2.24, 2.45) is 0 Å². The fraction of sp³-hybridized carbons (Fsp3) is 0.125. The zero-order valence-corrected chi connectivity index (χ0v) is 60.9. The highest BCUT2D eigenvalue weighted by atomic mass is 32.2. The second kappa shape index (κ2) is 32.4. The van der Waals surface area contributed by atoms with Crippen LogP contribution in [0.25, 0.3) is 29.2 Å². The number of allylic oxidation sites excluding steroid dienone is 3. The van der Waals surface area contributed by atoms with Gasteiger partial charge in [0.2, 0.25) is 0 Å². The van der Waals surface area contributed by atoms with E-state index in [1.807, 2.05) is 245 Å². The van der Waals surface area contributed by atoms with Crippen molar-refractivity contribution in [1.29, 1.82) is 0 Å². The maximum atomic E-state index is 13.1. The summed E-state index contributed by atoms with van der Waals surface area (Å²) in [6.07, 6.45) is 15.6. The van der Waals surface area contributed by atoms with Crippen molar-refractivity contribution >= 4 is 117 Å². The highest BCUT2D eigenvalue weighted by Gasteiger charge is 2.32. The molecule has 103 heavy (non-hydrogen) atoms. The lowest BCUT2D eigenvalue weighted by Gasteiger charge is -2.17. The Hall–Kier alpha value is -10.3. The summed E-state index contributed by atoms with van der Waals surface area (Å²) in [6, 6.07) is 60.3. The first-order chi connectivity index (χ1) is 50.3. The summed E-state index contributed by atoms with van der Waals surface area (Å²) >= 11 is 8.38. The molecule has 15 heteroatoms. The Kier molecular flexibility index (Phi) is 22.4. The molecule has 7 heterocycles. The van der Waals surface area contributed by atoms with Gasteiger partial charge >= 0.3 is 0 Å². The summed E-state index contributed by atoms with van der Waals surface area (Å²) < 4.78 is 17.4. The molecule has 17 rings (SSSR count). The molecule has 11 aromatic rings. The summed E-state index contributed by atoms with van der Waals surface area (Å²) in [7, 11) is 0. The van der Waals surface area contributed by atoms with Crippen molar-refractivity contribution in [3.63, 3.8) is 0 Å². The second-order valence-electron chi connectivity index (χ2n) is 24.4. The van der Waals surface area contributed by atoms with Crippen LogP contribution in [0.4, 0.5) is 0 Å². The Labute approximate surface area is 620 Å². The van der Waals surface area contributed by atoms with Gasteiger partial charge in [-0.25, -0.2) is 0 Å². The van der Waals surface area contributed by atoms with Crippen molar-refractivity contribution in [2.75, 3.05) is 13.2 Å². The predicted octanol–water partition coefficient (Wildman–Crippen LogP) is 21.8. The minimum absolute atomic E-state index is 0.0333.